The van der Waals surface area contributed by atoms with E-state index in [9.17, 15) is 13.6 Å². The molecule has 1 rings (SSSR count). The standard InChI is InChI=1S/C14H24F2O3/c1-10(2)12(14(15,16)13(17)18)19-9-8-11-6-4-3-5-7-11/h10-12H,3-9H2,1-2H3,(H,17,18). The van der Waals surface area contributed by atoms with Crippen LogP contribution < -0.4 is 0 Å². The van der Waals surface area contributed by atoms with E-state index in [2.05, 4.69) is 0 Å². The van der Waals surface area contributed by atoms with Crippen molar-refractivity contribution in [3.63, 3.8) is 0 Å². The molecule has 1 aliphatic rings. The van der Waals surface area contributed by atoms with Crippen LogP contribution in [0.5, 0.6) is 0 Å². The number of hydrogen-bond acceptors (Lipinski definition) is 2. The molecule has 1 unspecified atom stereocenters. The molecule has 0 amide bonds. The highest BCUT2D eigenvalue weighted by molar-refractivity contribution is 5.76. The Balaban J connectivity index is 2.43. The minimum Gasteiger partial charge on any atom is -0.477 e. The van der Waals surface area contributed by atoms with Crippen LogP contribution in [-0.4, -0.2) is 29.7 Å². The Morgan fingerprint density at radius 2 is 1.89 bits per heavy atom. The Bertz CT molecular complexity index is 286. The number of rotatable bonds is 7. The van der Waals surface area contributed by atoms with E-state index < -0.39 is 23.9 Å². The maximum atomic E-state index is 13.5. The summed E-state index contributed by atoms with van der Waals surface area (Å²) in [6.45, 7) is 3.33. The van der Waals surface area contributed by atoms with E-state index in [0.717, 1.165) is 19.3 Å². The predicted octanol–water partition coefficient (Wildman–Crippen LogP) is 3.72. The fourth-order valence-corrected chi connectivity index (χ4v) is 2.67. The third-order valence-corrected chi connectivity index (χ3v) is 3.80. The largest absolute Gasteiger partial charge is 0.477 e. The Hall–Kier alpha value is -0.710. The summed E-state index contributed by atoms with van der Waals surface area (Å²) in [4.78, 5) is 10.6. The van der Waals surface area contributed by atoms with Crippen molar-refractivity contribution < 1.29 is 23.4 Å². The summed E-state index contributed by atoms with van der Waals surface area (Å²) in [5.74, 6) is -5.91. The van der Waals surface area contributed by atoms with E-state index in [1.54, 1.807) is 13.8 Å². The van der Waals surface area contributed by atoms with E-state index in [1.165, 1.54) is 19.3 Å². The average molecular weight is 278 g/mol. The molecule has 0 heterocycles. The molecule has 0 saturated heterocycles. The molecule has 0 aliphatic heterocycles. The minimum atomic E-state index is -3.82. The SMILES string of the molecule is CC(C)C(OCCC1CCCCC1)C(F)(F)C(=O)O. The molecule has 0 radical (unpaired) electrons. The quantitative estimate of drug-likeness (QED) is 0.772. The van der Waals surface area contributed by atoms with Crippen molar-refractivity contribution in [3.05, 3.63) is 0 Å². The fraction of sp³-hybridized carbons (Fsp3) is 0.929. The van der Waals surface area contributed by atoms with E-state index in [-0.39, 0.29) is 6.61 Å². The van der Waals surface area contributed by atoms with Gasteiger partial charge in [0.25, 0.3) is 0 Å². The lowest BCUT2D eigenvalue weighted by Gasteiger charge is -2.28. The molecule has 0 aromatic rings. The van der Waals surface area contributed by atoms with Gasteiger partial charge in [0.1, 0.15) is 6.10 Å². The molecule has 1 N–H and O–H groups in total. The number of halogens is 2. The number of carboxylic acids is 1. The Kier molecular flexibility index (Phi) is 6.17. The molecule has 5 heteroatoms. The highest BCUT2D eigenvalue weighted by atomic mass is 19.3. The van der Waals surface area contributed by atoms with Crippen LogP contribution in [0.4, 0.5) is 8.78 Å². The van der Waals surface area contributed by atoms with Crippen molar-refractivity contribution in [1.82, 2.24) is 0 Å². The molecule has 19 heavy (non-hydrogen) atoms. The van der Waals surface area contributed by atoms with Crippen molar-refractivity contribution in [2.45, 2.75) is 64.4 Å². The van der Waals surface area contributed by atoms with Gasteiger partial charge in [0.15, 0.2) is 0 Å². The van der Waals surface area contributed by atoms with Crippen LogP contribution in [0.2, 0.25) is 0 Å². The molecule has 1 aliphatic carbocycles. The number of carboxylic acid groups (broad SMARTS) is 1. The Morgan fingerprint density at radius 1 is 1.32 bits per heavy atom. The van der Waals surface area contributed by atoms with Gasteiger partial charge in [-0.25, -0.2) is 4.79 Å². The smallest absolute Gasteiger partial charge is 0.377 e. The van der Waals surface area contributed by atoms with Gasteiger partial charge in [-0.1, -0.05) is 46.0 Å². The average Bonchev–Trinajstić information content (AvgIpc) is 2.35. The second kappa shape index (κ2) is 7.17. The minimum absolute atomic E-state index is 0.219. The number of hydrogen-bond donors (Lipinski definition) is 1. The van der Waals surface area contributed by atoms with Crippen molar-refractivity contribution in [2.75, 3.05) is 6.61 Å². The van der Waals surface area contributed by atoms with Crippen LogP contribution in [0.25, 0.3) is 0 Å². The second-order valence-corrected chi connectivity index (χ2v) is 5.76. The van der Waals surface area contributed by atoms with Crippen molar-refractivity contribution >= 4 is 5.97 Å². The molecule has 3 nitrogen and oxygen atoms in total. The maximum Gasteiger partial charge on any atom is 0.377 e. The van der Waals surface area contributed by atoms with Gasteiger partial charge in [-0.15, -0.1) is 0 Å². The Morgan fingerprint density at radius 3 is 2.37 bits per heavy atom. The second-order valence-electron chi connectivity index (χ2n) is 5.76. The lowest BCUT2D eigenvalue weighted by Crippen LogP contribution is -2.46. The topological polar surface area (TPSA) is 46.5 Å². The van der Waals surface area contributed by atoms with Crippen LogP contribution in [0, 0.1) is 11.8 Å². The third kappa shape index (κ3) is 4.71. The van der Waals surface area contributed by atoms with Gasteiger partial charge in [0, 0.05) is 6.61 Å². The van der Waals surface area contributed by atoms with Gasteiger partial charge in [-0.2, -0.15) is 8.78 Å². The summed E-state index contributed by atoms with van der Waals surface area (Å²) in [6.07, 6.45) is 5.11. The molecule has 112 valence electrons. The lowest BCUT2D eigenvalue weighted by molar-refractivity contribution is -0.195. The van der Waals surface area contributed by atoms with Gasteiger partial charge in [-0.3, -0.25) is 0 Å². The zero-order valence-electron chi connectivity index (χ0n) is 11.7. The molecule has 0 bridgehead atoms. The first-order valence-corrected chi connectivity index (χ1v) is 7.08. The van der Waals surface area contributed by atoms with Gasteiger partial charge in [-0.05, 0) is 18.3 Å². The van der Waals surface area contributed by atoms with Crippen LogP contribution >= 0.6 is 0 Å². The first-order valence-electron chi connectivity index (χ1n) is 7.08. The monoisotopic (exact) mass is 278 g/mol. The molecule has 1 atom stereocenters. The summed E-state index contributed by atoms with van der Waals surface area (Å²) >= 11 is 0. The third-order valence-electron chi connectivity index (χ3n) is 3.80. The zero-order chi connectivity index (χ0) is 14.5. The maximum absolute atomic E-state index is 13.5. The first kappa shape index (κ1) is 16.3. The van der Waals surface area contributed by atoms with Gasteiger partial charge < -0.3 is 9.84 Å². The first-order chi connectivity index (χ1) is 8.85. The number of ether oxygens (including phenoxy) is 1. The number of alkyl halides is 2. The highest BCUT2D eigenvalue weighted by Gasteiger charge is 2.49. The predicted molar refractivity (Wildman–Crippen MR) is 68.4 cm³/mol. The molecular formula is C14H24F2O3. The molecule has 1 fully saturated rings. The number of carbonyl (C=O) groups is 1. The lowest BCUT2D eigenvalue weighted by atomic mass is 9.87. The van der Waals surface area contributed by atoms with Crippen molar-refractivity contribution in [2.24, 2.45) is 11.8 Å². The molecule has 0 aromatic carbocycles. The highest BCUT2D eigenvalue weighted by Crippen LogP contribution is 2.30. The molecule has 1 saturated carbocycles. The summed E-state index contributed by atoms with van der Waals surface area (Å²) in [5, 5.41) is 8.58. The van der Waals surface area contributed by atoms with Crippen LogP contribution in [-0.2, 0) is 9.53 Å². The van der Waals surface area contributed by atoms with E-state index >= 15 is 0 Å². The van der Waals surface area contributed by atoms with Gasteiger partial charge in [0.05, 0.1) is 0 Å². The van der Waals surface area contributed by atoms with Crippen molar-refractivity contribution in [3.8, 4) is 0 Å². The summed E-state index contributed by atoms with van der Waals surface area (Å²) in [6, 6.07) is 0. The van der Waals surface area contributed by atoms with Crippen molar-refractivity contribution in [1.29, 1.82) is 0 Å². The van der Waals surface area contributed by atoms with Crippen LogP contribution in [0.3, 0.4) is 0 Å². The Labute approximate surface area is 113 Å². The molecular weight excluding hydrogens is 254 g/mol. The van der Waals surface area contributed by atoms with E-state index in [0.29, 0.717) is 5.92 Å². The van der Waals surface area contributed by atoms with Gasteiger partial charge >= 0.3 is 11.9 Å². The van der Waals surface area contributed by atoms with Crippen LogP contribution in [0.1, 0.15) is 52.4 Å². The fourth-order valence-electron chi connectivity index (χ4n) is 2.67. The summed E-state index contributed by atoms with van der Waals surface area (Å²) < 4.78 is 32.2. The summed E-state index contributed by atoms with van der Waals surface area (Å²) in [7, 11) is 0. The number of aliphatic carboxylic acids is 1. The molecule has 0 spiro atoms. The van der Waals surface area contributed by atoms with E-state index in [4.69, 9.17) is 9.84 Å². The van der Waals surface area contributed by atoms with Crippen LogP contribution in [0.15, 0.2) is 0 Å². The zero-order valence-corrected chi connectivity index (χ0v) is 11.7. The summed E-state index contributed by atoms with van der Waals surface area (Å²) in [5.41, 5.74) is 0. The van der Waals surface area contributed by atoms with Gasteiger partial charge in [0.2, 0.25) is 0 Å². The molecule has 0 aromatic heterocycles. The normalized spacial score (nSPS) is 19.6. The van der Waals surface area contributed by atoms with E-state index in [1.807, 2.05) is 0 Å².